The zero-order valence-electron chi connectivity index (χ0n) is 19.7. The lowest BCUT2D eigenvalue weighted by Crippen LogP contribution is -2.01. The van der Waals surface area contributed by atoms with Crippen LogP contribution in [0, 0.1) is 11.3 Å². The summed E-state index contributed by atoms with van der Waals surface area (Å²) in [4.78, 5) is 16.7. The number of ketones is 1. The largest absolute Gasteiger partial charge is 0.491 e. The van der Waals surface area contributed by atoms with Gasteiger partial charge in [-0.15, -0.1) is 0 Å². The van der Waals surface area contributed by atoms with E-state index in [9.17, 15) is 10.1 Å². The van der Waals surface area contributed by atoms with Gasteiger partial charge in [-0.05, 0) is 66.1 Å². The molecule has 5 rings (SSSR count). The molecule has 0 saturated heterocycles. The van der Waals surface area contributed by atoms with Crippen molar-refractivity contribution in [3.8, 4) is 45.3 Å². The molecule has 1 N–H and O–H groups in total. The number of ether oxygens (including phenoxy) is 1. The number of benzene rings is 3. The quantitative estimate of drug-likeness (QED) is 0.303. The van der Waals surface area contributed by atoms with Crippen LogP contribution in [0.4, 0.5) is 0 Å². The Morgan fingerprint density at radius 2 is 1.69 bits per heavy atom. The van der Waals surface area contributed by atoms with E-state index in [2.05, 4.69) is 12.1 Å². The molecule has 0 fully saturated rings. The molecule has 0 atom stereocenters. The summed E-state index contributed by atoms with van der Waals surface area (Å²) in [5.74, 6) is 0.700. The van der Waals surface area contributed by atoms with Crippen LogP contribution >= 0.6 is 0 Å². The van der Waals surface area contributed by atoms with E-state index in [0.717, 1.165) is 39.2 Å². The van der Waals surface area contributed by atoms with Crippen LogP contribution in [0.1, 0.15) is 22.8 Å². The highest BCUT2D eigenvalue weighted by atomic mass is 16.5. The number of imidazole rings is 1. The Morgan fingerprint density at radius 1 is 0.944 bits per heavy atom. The van der Waals surface area contributed by atoms with E-state index in [0.29, 0.717) is 16.9 Å². The first-order chi connectivity index (χ1) is 17.6. The maximum atomic E-state index is 11.8. The van der Waals surface area contributed by atoms with E-state index in [1.54, 1.807) is 13.0 Å². The highest BCUT2D eigenvalue weighted by Gasteiger charge is 2.14. The molecule has 2 aromatic heterocycles. The number of nitrogens with zero attached hydrogens (tertiary/aromatic N) is 3. The van der Waals surface area contributed by atoms with Crippen molar-refractivity contribution in [3.05, 3.63) is 102 Å². The van der Waals surface area contributed by atoms with Gasteiger partial charge in [0.25, 0.3) is 0 Å². The second-order valence-corrected chi connectivity index (χ2v) is 8.42. The average molecular weight is 474 g/mol. The lowest BCUT2D eigenvalue weighted by atomic mass is 9.99. The first kappa shape index (κ1) is 23.0. The van der Waals surface area contributed by atoms with E-state index < -0.39 is 0 Å². The Bertz CT molecular complexity index is 1590. The minimum Gasteiger partial charge on any atom is -0.491 e. The zero-order chi connectivity index (χ0) is 25.1. The minimum atomic E-state index is -0.0377. The SMILES string of the molecule is CC(=O)c1ccc(-c2cc(-c3cccc(C#N)c3)cn3cc(-c4ccc(OCCO)cc4)nc23)cc1. The first-order valence-corrected chi connectivity index (χ1v) is 11.5. The number of nitriles is 1. The van der Waals surface area contributed by atoms with Crippen molar-refractivity contribution in [1.29, 1.82) is 5.26 Å². The molecule has 6 heteroatoms. The van der Waals surface area contributed by atoms with E-state index in [4.69, 9.17) is 14.8 Å². The maximum Gasteiger partial charge on any atom is 0.159 e. The molecule has 0 spiro atoms. The minimum absolute atomic E-state index is 0.0169. The van der Waals surface area contributed by atoms with Crippen LogP contribution in [0.5, 0.6) is 5.75 Å². The molecule has 0 radical (unpaired) electrons. The predicted molar refractivity (Wildman–Crippen MR) is 139 cm³/mol. The van der Waals surface area contributed by atoms with E-state index in [1.807, 2.05) is 83.5 Å². The van der Waals surface area contributed by atoms with Crippen molar-refractivity contribution in [2.45, 2.75) is 6.92 Å². The smallest absolute Gasteiger partial charge is 0.159 e. The fraction of sp³-hybridized carbons (Fsp3) is 0.100. The van der Waals surface area contributed by atoms with Gasteiger partial charge in [0.2, 0.25) is 0 Å². The molecule has 5 aromatic rings. The number of hydrogen-bond donors (Lipinski definition) is 1. The van der Waals surface area contributed by atoms with E-state index >= 15 is 0 Å². The van der Waals surface area contributed by atoms with E-state index in [-0.39, 0.29) is 19.0 Å². The highest BCUT2D eigenvalue weighted by molar-refractivity contribution is 5.95. The third-order valence-corrected chi connectivity index (χ3v) is 5.99. The van der Waals surface area contributed by atoms with Gasteiger partial charge in [-0.3, -0.25) is 4.79 Å². The van der Waals surface area contributed by atoms with Gasteiger partial charge in [0, 0.05) is 29.1 Å². The van der Waals surface area contributed by atoms with Gasteiger partial charge in [0.15, 0.2) is 5.78 Å². The van der Waals surface area contributed by atoms with Gasteiger partial charge >= 0.3 is 0 Å². The number of hydrogen-bond acceptors (Lipinski definition) is 5. The Balaban J connectivity index is 1.65. The molecule has 0 saturated carbocycles. The topological polar surface area (TPSA) is 87.6 Å². The second kappa shape index (κ2) is 9.87. The molecule has 0 aliphatic rings. The monoisotopic (exact) mass is 473 g/mol. The number of carbonyl (C=O) groups excluding carboxylic acids is 1. The fourth-order valence-corrected chi connectivity index (χ4v) is 4.15. The predicted octanol–water partition coefficient (Wildman–Crippen LogP) is 5.78. The molecule has 0 amide bonds. The maximum absolute atomic E-state index is 11.8. The number of aromatic nitrogens is 2. The third-order valence-electron chi connectivity index (χ3n) is 5.99. The molecule has 36 heavy (non-hydrogen) atoms. The van der Waals surface area contributed by atoms with Crippen LogP contribution in [-0.4, -0.2) is 33.5 Å². The number of aliphatic hydroxyl groups is 1. The molecule has 0 bridgehead atoms. The number of fused-ring (bicyclic) bond motifs is 1. The molecule has 176 valence electrons. The number of pyridine rings is 1. The summed E-state index contributed by atoms with van der Waals surface area (Å²) in [6.07, 6.45) is 3.98. The molecule has 2 heterocycles. The summed E-state index contributed by atoms with van der Waals surface area (Å²) in [6, 6.07) is 26.9. The van der Waals surface area contributed by atoms with Gasteiger partial charge in [0.1, 0.15) is 18.0 Å². The van der Waals surface area contributed by atoms with Crippen molar-refractivity contribution < 1.29 is 14.6 Å². The summed E-state index contributed by atoms with van der Waals surface area (Å²) >= 11 is 0. The normalized spacial score (nSPS) is 10.8. The molecule has 0 aliphatic heterocycles. The average Bonchev–Trinajstić information content (AvgIpc) is 3.36. The molecular formula is C30H23N3O3. The lowest BCUT2D eigenvalue weighted by molar-refractivity contribution is 0.101. The first-order valence-electron chi connectivity index (χ1n) is 11.5. The summed E-state index contributed by atoms with van der Waals surface area (Å²) in [5.41, 5.74) is 7.48. The van der Waals surface area contributed by atoms with Gasteiger partial charge in [-0.25, -0.2) is 4.98 Å². The van der Waals surface area contributed by atoms with Crippen LogP contribution in [0.15, 0.2) is 91.3 Å². The van der Waals surface area contributed by atoms with Crippen LogP contribution in [0.3, 0.4) is 0 Å². The summed E-state index contributed by atoms with van der Waals surface area (Å²) in [5, 5.41) is 18.3. The molecule has 3 aromatic carbocycles. The summed E-state index contributed by atoms with van der Waals surface area (Å²) in [6.45, 7) is 1.76. The van der Waals surface area contributed by atoms with Crippen LogP contribution in [0.2, 0.25) is 0 Å². The Labute approximate surface area is 208 Å². The summed E-state index contributed by atoms with van der Waals surface area (Å²) in [7, 11) is 0. The van der Waals surface area contributed by atoms with Crippen molar-refractivity contribution >= 4 is 11.4 Å². The number of Topliss-reactive ketones (excluding diaryl/α,β-unsaturated/α-hetero) is 1. The number of carbonyl (C=O) groups is 1. The molecule has 6 nitrogen and oxygen atoms in total. The van der Waals surface area contributed by atoms with Crippen LogP contribution in [0.25, 0.3) is 39.2 Å². The summed E-state index contributed by atoms with van der Waals surface area (Å²) < 4.78 is 7.46. The van der Waals surface area contributed by atoms with Gasteiger partial charge in [-0.1, -0.05) is 36.4 Å². The highest BCUT2D eigenvalue weighted by Crippen LogP contribution is 2.33. The fourth-order valence-electron chi connectivity index (χ4n) is 4.15. The van der Waals surface area contributed by atoms with Gasteiger partial charge in [0.05, 0.1) is 23.9 Å². The second-order valence-electron chi connectivity index (χ2n) is 8.42. The standard InChI is InChI=1S/C30H23N3O3/c1-20(35)22-5-7-23(8-6-22)28-16-26(25-4-2-3-21(15-25)17-31)18-33-19-29(32-30(28)33)24-9-11-27(12-10-24)36-14-13-34/h2-12,15-16,18-19,34H,13-14H2,1H3. The lowest BCUT2D eigenvalue weighted by Gasteiger charge is -2.10. The van der Waals surface area contributed by atoms with Gasteiger partial charge < -0.3 is 14.2 Å². The van der Waals surface area contributed by atoms with Crippen molar-refractivity contribution in [1.82, 2.24) is 9.38 Å². The van der Waals surface area contributed by atoms with Crippen LogP contribution < -0.4 is 4.74 Å². The van der Waals surface area contributed by atoms with Crippen molar-refractivity contribution in [2.24, 2.45) is 0 Å². The molecular weight excluding hydrogens is 450 g/mol. The number of rotatable bonds is 7. The zero-order valence-corrected chi connectivity index (χ0v) is 19.7. The van der Waals surface area contributed by atoms with E-state index in [1.165, 1.54) is 0 Å². The molecule has 0 aliphatic carbocycles. The van der Waals surface area contributed by atoms with Crippen LogP contribution in [-0.2, 0) is 0 Å². The van der Waals surface area contributed by atoms with Crippen molar-refractivity contribution in [3.63, 3.8) is 0 Å². The van der Waals surface area contributed by atoms with Gasteiger partial charge in [-0.2, -0.15) is 5.26 Å². The molecule has 0 unspecified atom stereocenters. The van der Waals surface area contributed by atoms with Crippen molar-refractivity contribution in [2.75, 3.05) is 13.2 Å². The Hall–Kier alpha value is -4.73. The Morgan fingerprint density at radius 3 is 2.39 bits per heavy atom. The third kappa shape index (κ3) is 4.61. The number of aliphatic hydroxyl groups excluding tert-OH is 1. The Kier molecular flexibility index (Phi) is 6.31.